The number of nitrogens with zero attached hydrogens (tertiary/aromatic N) is 1. The first kappa shape index (κ1) is 27.2. The van der Waals surface area contributed by atoms with Gasteiger partial charge >= 0.3 is 0 Å². The molecule has 1 atom stereocenters. The lowest BCUT2D eigenvalue weighted by Crippen LogP contribution is -2.44. The zero-order chi connectivity index (χ0) is 26.3. The zero-order valence-corrected chi connectivity index (χ0v) is 22.7. The van der Waals surface area contributed by atoms with Crippen LogP contribution in [-0.4, -0.2) is 55.5 Å². The van der Waals surface area contributed by atoms with Gasteiger partial charge in [0.25, 0.3) is 0 Å². The van der Waals surface area contributed by atoms with Gasteiger partial charge in [-0.3, -0.25) is 9.59 Å². The van der Waals surface area contributed by atoms with E-state index in [1.165, 1.54) is 18.4 Å². The van der Waals surface area contributed by atoms with E-state index in [0.29, 0.717) is 38.9 Å². The molecule has 2 aliphatic rings. The van der Waals surface area contributed by atoms with Gasteiger partial charge < -0.3 is 19.7 Å². The summed E-state index contributed by atoms with van der Waals surface area (Å²) in [6, 6.07) is 14.1. The van der Waals surface area contributed by atoms with Crippen molar-refractivity contribution in [3.05, 3.63) is 59.2 Å². The minimum Gasteiger partial charge on any atom is -0.486 e. The Hall–Kier alpha value is -2.86. The van der Waals surface area contributed by atoms with Crippen molar-refractivity contribution in [2.75, 3.05) is 32.8 Å². The van der Waals surface area contributed by atoms with Crippen molar-refractivity contribution in [1.82, 2.24) is 10.2 Å². The average molecular weight is 507 g/mol. The molecule has 6 heteroatoms. The number of rotatable bonds is 11. The monoisotopic (exact) mass is 506 g/mol. The molecule has 2 aliphatic heterocycles. The van der Waals surface area contributed by atoms with Crippen LogP contribution in [0.15, 0.2) is 42.5 Å². The van der Waals surface area contributed by atoms with Gasteiger partial charge in [-0.1, -0.05) is 51.1 Å². The second-order valence-corrected chi connectivity index (χ2v) is 11.4. The van der Waals surface area contributed by atoms with E-state index in [4.69, 9.17) is 9.47 Å². The maximum atomic E-state index is 12.8. The SMILES string of the molecule is CC(C)(C)c1ccc(C(=O)CCCCC(=O)N[C@@H](Cc2ccc3c(c2)OCCO3)CN2CCCC2)cc1. The van der Waals surface area contributed by atoms with Crippen molar-refractivity contribution < 1.29 is 19.1 Å². The number of likely N-dealkylation sites (tertiary alicyclic amines) is 1. The van der Waals surface area contributed by atoms with Crippen LogP contribution in [0.25, 0.3) is 0 Å². The Labute approximate surface area is 221 Å². The van der Waals surface area contributed by atoms with E-state index in [0.717, 1.165) is 48.7 Å². The summed E-state index contributed by atoms with van der Waals surface area (Å²) in [5, 5.41) is 3.27. The first-order chi connectivity index (χ1) is 17.8. The summed E-state index contributed by atoms with van der Waals surface area (Å²) in [6.45, 7) is 10.7. The van der Waals surface area contributed by atoms with E-state index in [2.05, 4.69) is 37.1 Å². The van der Waals surface area contributed by atoms with Gasteiger partial charge in [-0.15, -0.1) is 0 Å². The van der Waals surface area contributed by atoms with Crippen LogP contribution in [0.1, 0.15) is 80.8 Å². The standard InChI is InChI=1S/C31H42N2O4/c1-31(2,3)25-13-11-24(12-14-25)27(34)8-4-5-9-30(35)32-26(22-33-16-6-7-17-33)20-23-10-15-28-29(21-23)37-19-18-36-28/h10-15,21,26H,4-9,16-20,22H2,1-3H3,(H,32,35)/t26-/m0/s1. The molecule has 4 rings (SSSR count). The van der Waals surface area contributed by atoms with Gasteiger partial charge in [-0.2, -0.15) is 0 Å². The van der Waals surface area contributed by atoms with E-state index < -0.39 is 0 Å². The maximum Gasteiger partial charge on any atom is 0.220 e. The summed E-state index contributed by atoms with van der Waals surface area (Å²) in [4.78, 5) is 27.9. The molecular weight excluding hydrogens is 464 g/mol. The highest BCUT2D eigenvalue weighted by atomic mass is 16.6. The summed E-state index contributed by atoms with van der Waals surface area (Å²) in [5.41, 5.74) is 3.18. The molecule has 1 fully saturated rings. The van der Waals surface area contributed by atoms with Crippen molar-refractivity contribution in [3.8, 4) is 11.5 Å². The third-order valence-corrected chi connectivity index (χ3v) is 7.26. The van der Waals surface area contributed by atoms with Crippen LogP contribution in [0, 0.1) is 0 Å². The number of hydrogen-bond donors (Lipinski definition) is 1. The minimum absolute atomic E-state index is 0.0381. The summed E-state index contributed by atoms with van der Waals surface area (Å²) >= 11 is 0. The fourth-order valence-electron chi connectivity index (χ4n) is 5.11. The fraction of sp³-hybridized carbons (Fsp3) is 0.548. The Morgan fingerprint density at radius 1 is 0.919 bits per heavy atom. The van der Waals surface area contributed by atoms with Crippen molar-refractivity contribution in [3.63, 3.8) is 0 Å². The molecule has 1 N–H and O–H groups in total. The van der Waals surface area contributed by atoms with Crippen LogP contribution < -0.4 is 14.8 Å². The van der Waals surface area contributed by atoms with Crippen molar-refractivity contribution in [1.29, 1.82) is 0 Å². The average Bonchev–Trinajstić information content (AvgIpc) is 3.39. The third kappa shape index (κ3) is 8.06. The van der Waals surface area contributed by atoms with Gasteiger partial charge in [-0.05, 0) is 73.9 Å². The van der Waals surface area contributed by atoms with Crippen LogP contribution in [0.5, 0.6) is 11.5 Å². The molecule has 200 valence electrons. The van der Waals surface area contributed by atoms with Gasteiger partial charge in [0.1, 0.15) is 13.2 Å². The van der Waals surface area contributed by atoms with Gasteiger partial charge in [0.15, 0.2) is 17.3 Å². The van der Waals surface area contributed by atoms with Crippen molar-refractivity contribution >= 4 is 11.7 Å². The molecule has 0 radical (unpaired) electrons. The first-order valence-corrected chi connectivity index (χ1v) is 13.8. The molecule has 0 spiro atoms. The maximum absolute atomic E-state index is 12.8. The molecule has 2 aromatic carbocycles. The highest BCUT2D eigenvalue weighted by molar-refractivity contribution is 5.96. The number of carbonyl (C=O) groups is 2. The molecule has 0 bridgehead atoms. The Morgan fingerprint density at radius 3 is 2.30 bits per heavy atom. The molecule has 0 aromatic heterocycles. The summed E-state index contributed by atoms with van der Waals surface area (Å²) in [5.74, 6) is 1.78. The number of carbonyl (C=O) groups excluding carboxylic acids is 2. The molecule has 37 heavy (non-hydrogen) atoms. The summed E-state index contributed by atoms with van der Waals surface area (Å²) in [7, 11) is 0. The molecule has 2 aromatic rings. The highest BCUT2D eigenvalue weighted by Gasteiger charge is 2.21. The smallest absolute Gasteiger partial charge is 0.220 e. The number of amides is 1. The normalized spacial score (nSPS) is 16.4. The van der Waals surface area contributed by atoms with E-state index >= 15 is 0 Å². The minimum atomic E-state index is 0.0381. The number of nitrogens with one attached hydrogen (secondary N) is 1. The van der Waals surface area contributed by atoms with Crippen LogP contribution >= 0.6 is 0 Å². The number of Topliss-reactive ketones (excluding diaryl/α,β-unsaturated/α-hetero) is 1. The Bertz CT molecular complexity index is 1050. The lowest BCUT2D eigenvalue weighted by atomic mass is 9.86. The van der Waals surface area contributed by atoms with E-state index in [9.17, 15) is 9.59 Å². The number of ether oxygens (including phenoxy) is 2. The third-order valence-electron chi connectivity index (χ3n) is 7.26. The lowest BCUT2D eigenvalue weighted by molar-refractivity contribution is -0.122. The van der Waals surface area contributed by atoms with Gasteiger partial charge in [0.2, 0.25) is 5.91 Å². The largest absolute Gasteiger partial charge is 0.486 e. The van der Waals surface area contributed by atoms with E-state index in [1.807, 2.05) is 36.4 Å². The second-order valence-electron chi connectivity index (χ2n) is 11.4. The van der Waals surface area contributed by atoms with Crippen molar-refractivity contribution in [2.24, 2.45) is 0 Å². The number of ketones is 1. The topological polar surface area (TPSA) is 67.9 Å². The summed E-state index contributed by atoms with van der Waals surface area (Å²) < 4.78 is 11.4. The molecule has 0 unspecified atom stereocenters. The van der Waals surface area contributed by atoms with E-state index in [-0.39, 0.29) is 23.1 Å². The number of benzene rings is 2. The first-order valence-electron chi connectivity index (χ1n) is 13.8. The number of hydrogen-bond acceptors (Lipinski definition) is 5. The molecule has 1 saturated heterocycles. The summed E-state index contributed by atoms with van der Waals surface area (Å²) in [6.07, 6.45) is 5.52. The molecule has 1 amide bonds. The number of fused-ring (bicyclic) bond motifs is 1. The highest BCUT2D eigenvalue weighted by Crippen LogP contribution is 2.31. The molecule has 6 nitrogen and oxygen atoms in total. The Morgan fingerprint density at radius 2 is 1.59 bits per heavy atom. The predicted molar refractivity (Wildman–Crippen MR) is 147 cm³/mol. The predicted octanol–water partition coefficient (Wildman–Crippen LogP) is 5.32. The van der Waals surface area contributed by atoms with Gasteiger partial charge in [0, 0.05) is 31.0 Å². The molecular formula is C31H42N2O4. The second kappa shape index (κ2) is 12.6. The Kier molecular flexibility index (Phi) is 9.25. The molecule has 2 heterocycles. The lowest BCUT2D eigenvalue weighted by Gasteiger charge is -2.25. The van der Waals surface area contributed by atoms with Gasteiger partial charge in [-0.25, -0.2) is 0 Å². The van der Waals surface area contributed by atoms with Crippen LogP contribution in [0.2, 0.25) is 0 Å². The molecule has 0 saturated carbocycles. The van der Waals surface area contributed by atoms with Crippen LogP contribution in [-0.2, 0) is 16.6 Å². The number of unbranched alkanes of at least 4 members (excludes halogenated alkanes) is 1. The van der Waals surface area contributed by atoms with Gasteiger partial charge in [0.05, 0.1) is 0 Å². The van der Waals surface area contributed by atoms with E-state index in [1.54, 1.807) is 0 Å². The zero-order valence-electron chi connectivity index (χ0n) is 22.7. The fourth-order valence-corrected chi connectivity index (χ4v) is 5.11. The quantitative estimate of drug-likeness (QED) is 0.330. The van der Waals surface area contributed by atoms with Crippen LogP contribution in [0.4, 0.5) is 0 Å². The van der Waals surface area contributed by atoms with Crippen molar-refractivity contribution in [2.45, 2.75) is 77.2 Å². The molecule has 0 aliphatic carbocycles. The van der Waals surface area contributed by atoms with Crippen LogP contribution in [0.3, 0.4) is 0 Å². The Balaban J connectivity index is 1.25.